The third-order valence-corrected chi connectivity index (χ3v) is 4.59. The molecule has 0 heterocycles. The third kappa shape index (κ3) is 2.61. The zero-order valence-corrected chi connectivity index (χ0v) is 13.4. The van der Waals surface area contributed by atoms with E-state index in [4.69, 9.17) is 0 Å². The van der Waals surface area contributed by atoms with E-state index in [2.05, 4.69) is 4.74 Å². The Morgan fingerprint density at radius 2 is 1.55 bits per heavy atom. The van der Waals surface area contributed by atoms with Gasteiger partial charge in [-0.05, 0) is 37.5 Å². The molecule has 1 aromatic carbocycles. The quantitative estimate of drug-likeness (QED) is 0.430. The second kappa shape index (κ2) is 5.60. The maximum Gasteiger partial charge on any atom is 0.204 e. The van der Waals surface area contributed by atoms with E-state index < -0.39 is 34.6 Å². The highest BCUT2D eigenvalue weighted by Gasteiger charge is 2.56. The normalized spacial score (nSPS) is 22.4. The second-order valence-electron chi connectivity index (χ2n) is 6.67. The van der Waals surface area contributed by atoms with E-state index in [-0.39, 0.29) is 23.7 Å². The van der Waals surface area contributed by atoms with Crippen molar-refractivity contribution in [2.75, 3.05) is 7.11 Å². The fourth-order valence-corrected chi connectivity index (χ4v) is 3.10. The number of ether oxygens (including phenoxy) is 1. The summed E-state index contributed by atoms with van der Waals surface area (Å²) < 4.78 is 60.0. The lowest BCUT2D eigenvalue weighted by molar-refractivity contribution is 0.327. The van der Waals surface area contributed by atoms with Crippen LogP contribution in [0.25, 0.3) is 0 Å². The van der Waals surface area contributed by atoms with Gasteiger partial charge in [0.2, 0.25) is 11.6 Å². The number of halogens is 4. The molecule has 0 saturated heterocycles. The van der Waals surface area contributed by atoms with Gasteiger partial charge in [-0.2, -0.15) is 8.78 Å². The molecule has 0 radical (unpaired) electrons. The topological polar surface area (TPSA) is 9.23 Å². The molecule has 0 spiro atoms. The number of hydrogen-bond acceptors (Lipinski definition) is 1. The summed E-state index contributed by atoms with van der Waals surface area (Å²) in [4.78, 5) is 0. The van der Waals surface area contributed by atoms with Gasteiger partial charge in [0, 0.05) is 5.56 Å². The van der Waals surface area contributed by atoms with Crippen molar-refractivity contribution < 1.29 is 22.3 Å². The highest BCUT2D eigenvalue weighted by atomic mass is 19.2. The number of rotatable bonds is 4. The van der Waals surface area contributed by atoms with Gasteiger partial charge in [0.15, 0.2) is 17.4 Å². The number of hydrogen-bond donors (Lipinski definition) is 0. The Balaban J connectivity index is 2.38. The van der Waals surface area contributed by atoms with E-state index in [0.29, 0.717) is 0 Å². The molecule has 1 saturated carbocycles. The average Bonchev–Trinajstić information content (AvgIpc) is 2.93. The summed E-state index contributed by atoms with van der Waals surface area (Å²) in [7, 11) is 0.967. The van der Waals surface area contributed by atoms with Crippen molar-refractivity contribution in [3.63, 3.8) is 0 Å². The van der Waals surface area contributed by atoms with Gasteiger partial charge in [0.1, 0.15) is 0 Å². The minimum absolute atomic E-state index is 0.0447. The van der Waals surface area contributed by atoms with Crippen LogP contribution >= 0.6 is 0 Å². The molecule has 122 valence electrons. The molecule has 1 aromatic rings. The van der Waals surface area contributed by atoms with Crippen molar-refractivity contribution in [1.29, 1.82) is 0 Å². The predicted octanol–water partition coefficient (Wildman–Crippen LogP) is 5.03. The van der Waals surface area contributed by atoms with E-state index in [1.165, 1.54) is 0 Å². The minimum atomic E-state index is -1.48. The van der Waals surface area contributed by atoms with Crippen LogP contribution in [0.2, 0.25) is 0 Å². The Labute approximate surface area is 128 Å². The molecule has 0 unspecified atom stereocenters. The molecule has 0 aliphatic heterocycles. The van der Waals surface area contributed by atoms with E-state index in [1.807, 2.05) is 33.8 Å². The van der Waals surface area contributed by atoms with Crippen LogP contribution in [0.1, 0.15) is 33.3 Å². The van der Waals surface area contributed by atoms with Gasteiger partial charge in [-0.3, -0.25) is 0 Å². The highest BCUT2D eigenvalue weighted by Crippen LogP contribution is 2.61. The zero-order valence-electron chi connectivity index (χ0n) is 13.4. The molecule has 1 fully saturated rings. The maximum absolute atomic E-state index is 14.0. The van der Waals surface area contributed by atoms with Crippen LogP contribution in [0.4, 0.5) is 17.6 Å². The molecule has 2 atom stereocenters. The van der Waals surface area contributed by atoms with Gasteiger partial charge in [-0.1, -0.05) is 25.5 Å². The Kier molecular flexibility index (Phi) is 4.28. The van der Waals surface area contributed by atoms with Crippen molar-refractivity contribution >= 4 is 0 Å². The summed E-state index contributed by atoms with van der Waals surface area (Å²) in [5.74, 6) is -6.62. The summed E-state index contributed by atoms with van der Waals surface area (Å²) in [5.41, 5.74) is 0.412. The Morgan fingerprint density at radius 1 is 1.05 bits per heavy atom. The first-order valence-corrected chi connectivity index (χ1v) is 7.16. The van der Waals surface area contributed by atoms with Crippen LogP contribution < -0.4 is 4.74 Å². The molecular weight excluding hydrogens is 296 g/mol. The molecule has 2 rings (SSSR count). The molecule has 22 heavy (non-hydrogen) atoms. The van der Waals surface area contributed by atoms with E-state index in [9.17, 15) is 17.6 Å². The van der Waals surface area contributed by atoms with Crippen LogP contribution in [0.15, 0.2) is 11.6 Å². The van der Waals surface area contributed by atoms with Gasteiger partial charge in [-0.15, -0.1) is 0 Å². The average molecular weight is 316 g/mol. The van der Waals surface area contributed by atoms with E-state index >= 15 is 0 Å². The number of benzene rings is 1. The van der Waals surface area contributed by atoms with Crippen molar-refractivity contribution in [3.05, 3.63) is 40.5 Å². The standard InChI is InChI=1S/C17H20F4O/c1-8(2)6-10-11(17(10,3)4)7-9-12(18)14(20)16(22-5)15(21)13(9)19/h6,10-11H,7H2,1-5H3/t10-,11-/m1/s1. The van der Waals surface area contributed by atoms with Crippen LogP contribution in [0.5, 0.6) is 5.75 Å². The molecule has 0 aromatic heterocycles. The van der Waals surface area contributed by atoms with Crippen LogP contribution in [0, 0.1) is 40.5 Å². The molecular formula is C17H20F4O. The minimum Gasteiger partial charge on any atom is -0.491 e. The lowest BCUT2D eigenvalue weighted by atomic mass is 10.0. The van der Waals surface area contributed by atoms with Crippen LogP contribution in [0.3, 0.4) is 0 Å². The fraction of sp³-hybridized carbons (Fsp3) is 0.529. The van der Waals surface area contributed by atoms with Crippen molar-refractivity contribution in [2.24, 2.45) is 17.3 Å². The van der Waals surface area contributed by atoms with Crippen LogP contribution in [-0.4, -0.2) is 7.11 Å². The van der Waals surface area contributed by atoms with Gasteiger partial charge in [0.05, 0.1) is 7.11 Å². The lowest BCUT2D eigenvalue weighted by Gasteiger charge is -2.11. The first-order valence-electron chi connectivity index (χ1n) is 7.16. The maximum atomic E-state index is 14.0. The SMILES string of the molecule is COc1c(F)c(F)c(C[C@@H]2[C@@H](C=C(C)C)C2(C)C)c(F)c1F. The Morgan fingerprint density at radius 3 is 1.95 bits per heavy atom. The fourth-order valence-electron chi connectivity index (χ4n) is 3.10. The van der Waals surface area contributed by atoms with Gasteiger partial charge < -0.3 is 4.74 Å². The predicted molar refractivity (Wildman–Crippen MR) is 76.7 cm³/mol. The van der Waals surface area contributed by atoms with Crippen molar-refractivity contribution in [3.8, 4) is 5.75 Å². The Hall–Kier alpha value is -1.52. The first kappa shape index (κ1) is 16.8. The zero-order chi connectivity index (χ0) is 16.8. The molecule has 1 aliphatic rings. The number of methoxy groups -OCH3 is 1. The summed E-state index contributed by atoms with van der Waals surface area (Å²) in [5, 5.41) is 0. The summed E-state index contributed by atoms with van der Waals surface area (Å²) in [6, 6.07) is 0. The summed E-state index contributed by atoms with van der Waals surface area (Å²) in [6.45, 7) is 7.85. The van der Waals surface area contributed by atoms with Gasteiger partial charge in [-0.25, -0.2) is 8.78 Å². The Bertz CT molecular complexity index is 601. The van der Waals surface area contributed by atoms with E-state index in [0.717, 1.165) is 12.7 Å². The molecule has 5 heteroatoms. The molecule has 0 bridgehead atoms. The van der Waals surface area contributed by atoms with Gasteiger partial charge in [0.25, 0.3) is 0 Å². The molecule has 0 N–H and O–H groups in total. The molecule has 1 aliphatic carbocycles. The first-order chi connectivity index (χ1) is 10.1. The summed E-state index contributed by atoms with van der Waals surface area (Å²) in [6.07, 6.45) is 1.99. The number of allylic oxidation sites excluding steroid dienone is 2. The lowest BCUT2D eigenvalue weighted by Crippen LogP contribution is -2.08. The highest BCUT2D eigenvalue weighted by molar-refractivity contribution is 5.36. The summed E-state index contributed by atoms with van der Waals surface area (Å²) >= 11 is 0. The largest absolute Gasteiger partial charge is 0.491 e. The smallest absolute Gasteiger partial charge is 0.204 e. The van der Waals surface area contributed by atoms with Gasteiger partial charge >= 0.3 is 0 Å². The van der Waals surface area contributed by atoms with Crippen LogP contribution in [-0.2, 0) is 6.42 Å². The van der Waals surface area contributed by atoms with E-state index in [1.54, 1.807) is 0 Å². The monoisotopic (exact) mass is 316 g/mol. The third-order valence-electron chi connectivity index (χ3n) is 4.59. The molecule has 0 amide bonds. The van der Waals surface area contributed by atoms with Crippen molar-refractivity contribution in [1.82, 2.24) is 0 Å². The van der Waals surface area contributed by atoms with Crippen molar-refractivity contribution in [2.45, 2.75) is 34.1 Å². The second-order valence-corrected chi connectivity index (χ2v) is 6.67. The molecule has 1 nitrogen and oxygen atoms in total.